The molecule has 2 aliphatic rings. The zero-order valence-corrected chi connectivity index (χ0v) is 13.5. The van der Waals surface area contributed by atoms with Crippen molar-refractivity contribution in [3.8, 4) is 0 Å². The van der Waals surface area contributed by atoms with E-state index in [1.54, 1.807) is 0 Å². The van der Waals surface area contributed by atoms with Crippen LogP contribution in [0.3, 0.4) is 0 Å². The van der Waals surface area contributed by atoms with Gasteiger partial charge in [-0.25, -0.2) is 0 Å². The summed E-state index contributed by atoms with van der Waals surface area (Å²) in [7, 11) is 0. The van der Waals surface area contributed by atoms with Gasteiger partial charge in [0, 0.05) is 5.92 Å². The van der Waals surface area contributed by atoms with Gasteiger partial charge in [0.05, 0.1) is 16.8 Å². The van der Waals surface area contributed by atoms with Crippen LogP contribution in [-0.4, -0.2) is 0 Å². The third kappa shape index (κ3) is 2.16. The van der Waals surface area contributed by atoms with Crippen LogP contribution in [-0.2, 0) is 6.42 Å². The fourth-order valence-electron chi connectivity index (χ4n) is 3.87. The first-order valence-electron chi connectivity index (χ1n) is 8.08. The van der Waals surface area contributed by atoms with Crippen molar-refractivity contribution in [2.75, 3.05) is 5.32 Å². The SMILES string of the molecule is CCc1ccc([C@@H]2Nc3c(Cl)cccc3[C@H]3C=CC[C@H]32)cc1. The van der Waals surface area contributed by atoms with E-state index >= 15 is 0 Å². The minimum Gasteiger partial charge on any atom is -0.376 e. The summed E-state index contributed by atoms with van der Waals surface area (Å²) in [4.78, 5) is 0. The lowest BCUT2D eigenvalue weighted by atomic mass is 9.77. The second-order valence-corrected chi connectivity index (χ2v) is 6.68. The molecule has 2 aromatic rings. The van der Waals surface area contributed by atoms with Crippen LogP contribution in [0.2, 0.25) is 5.02 Å². The number of halogens is 1. The molecule has 1 nitrogen and oxygen atoms in total. The molecule has 0 unspecified atom stereocenters. The molecule has 0 bridgehead atoms. The Morgan fingerprint density at radius 2 is 1.95 bits per heavy atom. The van der Waals surface area contributed by atoms with Crippen molar-refractivity contribution in [3.63, 3.8) is 0 Å². The molecule has 0 fully saturated rings. The van der Waals surface area contributed by atoms with Gasteiger partial charge in [0.1, 0.15) is 0 Å². The lowest BCUT2D eigenvalue weighted by Gasteiger charge is -2.38. The first-order chi connectivity index (χ1) is 10.8. The van der Waals surface area contributed by atoms with Gasteiger partial charge in [-0.05, 0) is 41.5 Å². The largest absolute Gasteiger partial charge is 0.376 e. The molecular formula is C20H20ClN. The van der Waals surface area contributed by atoms with E-state index in [0.29, 0.717) is 17.9 Å². The monoisotopic (exact) mass is 309 g/mol. The van der Waals surface area contributed by atoms with Gasteiger partial charge in [-0.1, -0.05) is 67.1 Å². The normalized spacial score (nSPS) is 25.5. The average molecular weight is 310 g/mol. The second-order valence-electron chi connectivity index (χ2n) is 6.27. The van der Waals surface area contributed by atoms with Crippen LogP contribution in [0, 0.1) is 5.92 Å². The van der Waals surface area contributed by atoms with E-state index in [0.717, 1.165) is 23.6 Å². The topological polar surface area (TPSA) is 12.0 Å². The zero-order valence-electron chi connectivity index (χ0n) is 12.7. The summed E-state index contributed by atoms with van der Waals surface area (Å²) in [5, 5.41) is 4.54. The van der Waals surface area contributed by atoms with Crippen molar-refractivity contribution in [3.05, 3.63) is 76.3 Å². The van der Waals surface area contributed by atoms with E-state index in [1.807, 2.05) is 6.07 Å². The van der Waals surface area contributed by atoms with Crippen molar-refractivity contribution in [2.45, 2.75) is 31.7 Å². The Hall–Kier alpha value is -1.73. The molecule has 112 valence electrons. The summed E-state index contributed by atoms with van der Waals surface area (Å²) in [5.41, 5.74) is 5.20. The van der Waals surface area contributed by atoms with Gasteiger partial charge in [0.2, 0.25) is 0 Å². The summed E-state index contributed by atoms with van der Waals surface area (Å²) in [6, 6.07) is 15.6. The van der Waals surface area contributed by atoms with Crippen molar-refractivity contribution in [1.82, 2.24) is 0 Å². The summed E-state index contributed by atoms with van der Waals surface area (Å²) in [5.74, 6) is 1.06. The minimum absolute atomic E-state index is 0.332. The molecule has 0 radical (unpaired) electrons. The molecule has 4 rings (SSSR count). The van der Waals surface area contributed by atoms with Gasteiger partial charge < -0.3 is 5.32 Å². The lowest BCUT2D eigenvalue weighted by Crippen LogP contribution is -2.29. The van der Waals surface area contributed by atoms with Gasteiger partial charge >= 0.3 is 0 Å². The first kappa shape index (κ1) is 13.9. The third-order valence-corrected chi connectivity index (χ3v) is 5.41. The van der Waals surface area contributed by atoms with Crippen molar-refractivity contribution in [1.29, 1.82) is 0 Å². The predicted octanol–water partition coefficient (Wildman–Crippen LogP) is 5.73. The minimum atomic E-state index is 0.332. The second kappa shape index (κ2) is 5.48. The number of para-hydroxylation sites is 1. The van der Waals surface area contributed by atoms with Crippen LogP contribution in [0.1, 0.15) is 42.0 Å². The maximum Gasteiger partial charge on any atom is 0.0640 e. The molecule has 1 aliphatic carbocycles. The smallest absolute Gasteiger partial charge is 0.0640 e. The number of anilines is 1. The molecule has 2 aromatic carbocycles. The van der Waals surface area contributed by atoms with Crippen LogP contribution in [0.5, 0.6) is 0 Å². The standard InChI is InChI=1S/C20H20ClN/c1-2-13-9-11-14(12-10-13)19-16-6-3-5-15(16)17-7-4-8-18(21)20(17)22-19/h3-5,7-12,15-16,19,22H,2,6H2,1H3/t15-,16+,19-/m0/s1. The lowest BCUT2D eigenvalue weighted by molar-refractivity contribution is 0.425. The third-order valence-electron chi connectivity index (χ3n) is 5.09. The van der Waals surface area contributed by atoms with E-state index in [4.69, 9.17) is 11.6 Å². The number of rotatable bonds is 2. The van der Waals surface area contributed by atoms with E-state index in [-0.39, 0.29) is 0 Å². The maximum absolute atomic E-state index is 6.45. The van der Waals surface area contributed by atoms with Crippen molar-refractivity contribution in [2.24, 2.45) is 5.92 Å². The highest BCUT2D eigenvalue weighted by Crippen LogP contribution is 2.51. The van der Waals surface area contributed by atoms with Crippen LogP contribution in [0.25, 0.3) is 0 Å². The first-order valence-corrected chi connectivity index (χ1v) is 8.46. The van der Waals surface area contributed by atoms with Crippen LogP contribution in [0.15, 0.2) is 54.6 Å². The number of hydrogen-bond acceptors (Lipinski definition) is 1. The highest BCUT2D eigenvalue weighted by atomic mass is 35.5. The number of fused-ring (bicyclic) bond motifs is 3. The molecule has 0 aromatic heterocycles. The molecule has 1 N–H and O–H groups in total. The molecule has 3 atom stereocenters. The van der Waals surface area contributed by atoms with Gasteiger partial charge in [0.15, 0.2) is 0 Å². The highest BCUT2D eigenvalue weighted by Gasteiger charge is 2.38. The predicted molar refractivity (Wildman–Crippen MR) is 93.6 cm³/mol. The Bertz CT molecular complexity index is 717. The Balaban J connectivity index is 1.76. The molecule has 0 amide bonds. The number of nitrogens with one attached hydrogen (secondary N) is 1. The van der Waals surface area contributed by atoms with Crippen molar-refractivity contribution < 1.29 is 0 Å². The van der Waals surface area contributed by atoms with Crippen LogP contribution < -0.4 is 5.32 Å². The van der Waals surface area contributed by atoms with Gasteiger partial charge in [-0.15, -0.1) is 0 Å². The quantitative estimate of drug-likeness (QED) is 0.699. The molecule has 1 aliphatic heterocycles. The van der Waals surface area contributed by atoms with E-state index < -0.39 is 0 Å². The van der Waals surface area contributed by atoms with Gasteiger partial charge in [0.25, 0.3) is 0 Å². The Morgan fingerprint density at radius 1 is 1.14 bits per heavy atom. The molecular weight excluding hydrogens is 290 g/mol. The van der Waals surface area contributed by atoms with E-state index in [2.05, 4.69) is 60.8 Å². The zero-order chi connectivity index (χ0) is 15.1. The highest BCUT2D eigenvalue weighted by molar-refractivity contribution is 6.33. The summed E-state index contributed by atoms with van der Waals surface area (Å²) < 4.78 is 0. The Labute approximate surface area is 137 Å². The maximum atomic E-state index is 6.45. The average Bonchev–Trinajstić information content (AvgIpc) is 3.05. The molecule has 1 heterocycles. The fraction of sp³-hybridized carbons (Fsp3) is 0.300. The molecule has 2 heteroatoms. The number of hydrogen-bond donors (Lipinski definition) is 1. The number of aryl methyl sites for hydroxylation is 1. The fourth-order valence-corrected chi connectivity index (χ4v) is 4.11. The Morgan fingerprint density at radius 3 is 2.73 bits per heavy atom. The van der Waals surface area contributed by atoms with Gasteiger partial charge in [-0.2, -0.15) is 0 Å². The summed E-state index contributed by atoms with van der Waals surface area (Å²) >= 11 is 6.45. The summed E-state index contributed by atoms with van der Waals surface area (Å²) in [6.45, 7) is 2.20. The van der Waals surface area contributed by atoms with Crippen molar-refractivity contribution >= 4 is 17.3 Å². The molecule has 22 heavy (non-hydrogen) atoms. The molecule has 0 saturated carbocycles. The molecule has 0 saturated heterocycles. The van der Waals surface area contributed by atoms with Crippen LogP contribution in [0.4, 0.5) is 5.69 Å². The number of allylic oxidation sites excluding steroid dienone is 2. The van der Waals surface area contributed by atoms with E-state index in [9.17, 15) is 0 Å². The van der Waals surface area contributed by atoms with E-state index in [1.165, 1.54) is 16.7 Å². The van der Waals surface area contributed by atoms with Crippen LogP contribution >= 0.6 is 11.6 Å². The Kier molecular flexibility index (Phi) is 3.46. The number of benzene rings is 2. The van der Waals surface area contributed by atoms with Gasteiger partial charge in [-0.3, -0.25) is 0 Å². The molecule has 0 spiro atoms. The summed E-state index contributed by atoms with van der Waals surface area (Å²) in [6.07, 6.45) is 6.89.